The molecule has 0 radical (unpaired) electrons. The number of carbonyl (C=O) groups is 2. The molecule has 0 aromatic heterocycles. The summed E-state index contributed by atoms with van der Waals surface area (Å²) in [4.78, 5) is 22.3. The Balaban J connectivity index is 4.31. The van der Waals surface area contributed by atoms with Gasteiger partial charge in [-0.1, -0.05) is 34.1 Å². The Labute approximate surface area is 91.1 Å². The summed E-state index contributed by atoms with van der Waals surface area (Å²) in [5.41, 5.74) is -0.465. The molecule has 88 valence electrons. The van der Waals surface area contributed by atoms with Crippen LogP contribution >= 0.6 is 0 Å². The number of carboxylic acids is 1. The Morgan fingerprint density at radius 3 is 2.20 bits per heavy atom. The molecule has 15 heavy (non-hydrogen) atoms. The van der Waals surface area contributed by atoms with Gasteiger partial charge in [-0.2, -0.15) is 0 Å². The van der Waals surface area contributed by atoms with Crippen LogP contribution in [-0.2, 0) is 9.59 Å². The van der Waals surface area contributed by atoms with Crippen LogP contribution in [0, 0.1) is 5.41 Å². The van der Waals surface area contributed by atoms with Gasteiger partial charge in [0.2, 0.25) is 5.91 Å². The zero-order valence-corrected chi connectivity index (χ0v) is 9.96. The van der Waals surface area contributed by atoms with E-state index in [0.717, 1.165) is 12.8 Å². The summed E-state index contributed by atoms with van der Waals surface area (Å²) < 4.78 is 0. The molecule has 0 fully saturated rings. The van der Waals surface area contributed by atoms with Gasteiger partial charge in [0, 0.05) is 6.42 Å². The van der Waals surface area contributed by atoms with Gasteiger partial charge in [-0.05, 0) is 11.8 Å². The van der Waals surface area contributed by atoms with Gasteiger partial charge < -0.3 is 10.4 Å². The highest BCUT2D eigenvalue weighted by molar-refractivity contribution is 5.84. The number of hydrogen-bond donors (Lipinski definition) is 2. The van der Waals surface area contributed by atoms with Gasteiger partial charge in [0.05, 0.1) is 0 Å². The number of aliphatic carboxylic acids is 1. The molecule has 0 unspecified atom stereocenters. The molecule has 0 aliphatic carbocycles. The lowest BCUT2D eigenvalue weighted by Crippen LogP contribution is -2.49. The molecule has 4 nitrogen and oxygen atoms in total. The van der Waals surface area contributed by atoms with Crippen molar-refractivity contribution in [3.63, 3.8) is 0 Å². The van der Waals surface area contributed by atoms with Crippen LogP contribution in [-0.4, -0.2) is 23.0 Å². The predicted molar refractivity (Wildman–Crippen MR) is 58.5 cm³/mol. The molecule has 0 saturated heterocycles. The standard InChI is InChI=1S/C11H21NO3/c1-5-6-7-8(13)12-9(10(14)15)11(2,3)4/h9H,5-7H2,1-4H3,(H,12,13)(H,14,15)/t9-/m1/s1. The summed E-state index contributed by atoms with van der Waals surface area (Å²) in [7, 11) is 0. The van der Waals surface area contributed by atoms with Crippen LogP contribution in [0.25, 0.3) is 0 Å². The van der Waals surface area contributed by atoms with E-state index in [9.17, 15) is 9.59 Å². The summed E-state index contributed by atoms with van der Waals surface area (Å²) in [6.07, 6.45) is 2.12. The molecule has 0 aromatic rings. The van der Waals surface area contributed by atoms with Crippen molar-refractivity contribution in [2.45, 2.75) is 53.0 Å². The molecule has 4 heteroatoms. The lowest BCUT2D eigenvalue weighted by Gasteiger charge is -2.27. The first-order valence-corrected chi connectivity index (χ1v) is 5.31. The lowest BCUT2D eigenvalue weighted by molar-refractivity contribution is -0.144. The number of amides is 1. The zero-order valence-electron chi connectivity index (χ0n) is 9.96. The number of carbonyl (C=O) groups excluding carboxylic acids is 1. The van der Waals surface area contributed by atoms with Crippen LogP contribution in [0.1, 0.15) is 47.0 Å². The van der Waals surface area contributed by atoms with Crippen molar-refractivity contribution in [2.24, 2.45) is 5.41 Å². The predicted octanol–water partition coefficient (Wildman–Crippen LogP) is 1.79. The van der Waals surface area contributed by atoms with E-state index >= 15 is 0 Å². The molecule has 0 bridgehead atoms. The maximum atomic E-state index is 11.4. The summed E-state index contributed by atoms with van der Waals surface area (Å²) in [5, 5.41) is 11.5. The highest BCUT2D eigenvalue weighted by atomic mass is 16.4. The molecule has 0 aromatic carbocycles. The molecule has 0 aliphatic heterocycles. The fourth-order valence-corrected chi connectivity index (χ4v) is 1.22. The monoisotopic (exact) mass is 215 g/mol. The van der Waals surface area contributed by atoms with Crippen molar-refractivity contribution in [1.29, 1.82) is 0 Å². The second-order valence-electron chi connectivity index (χ2n) is 4.81. The number of nitrogens with one attached hydrogen (secondary N) is 1. The largest absolute Gasteiger partial charge is 0.480 e. The van der Waals surface area contributed by atoms with Gasteiger partial charge in [-0.25, -0.2) is 4.79 Å². The fraction of sp³-hybridized carbons (Fsp3) is 0.818. The van der Waals surface area contributed by atoms with Crippen LogP contribution in [0.5, 0.6) is 0 Å². The molecule has 0 aliphatic rings. The molecular weight excluding hydrogens is 194 g/mol. The average molecular weight is 215 g/mol. The van der Waals surface area contributed by atoms with Crippen molar-refractivity contribution < 1.29 is 14.7 Å². The Morgan fingerprint density at radius 2 is 1.87 bits per heavy atom. The van der Waals surface area contributed by atoms with Crippen LogP contribution in [0.2, 0.25) is 0 Å². The van der Waals surface area contributed by atoms with Crippen molar-refractivity contribution in [3.8, 4) is 0 Å². The first-order chi connectivity index (χ1) is 6.79. The van der Waals surface area contributed by atoms with Crippen LogP contribution in [0.4, 0.5) is 0 Å². The van der Waals surface area contributed by atoms with Crippen LogP contribution < -0.4 is 5.32 Å². The molecule has 0 saturated carbocycles. The Morgan fingerprint density at radius 1 is 1.33 bits per heavy atom. The maximum Gasteiger partial charge on any atom is 0.326 e. The molecule has 0 rings (SSSR count). The molecule has 1 atom stereocenters. The SMILES string of the molecule is CCCCC(=O)N[C@H](C(=O)O)C(C)(C)C. The van der Waals surface area contributed by atoms with Crippen molar-refractivity contribution in [3.05, 3.63) is 0 Å². The van der Waals surface area contributed by atoms with E-state index < -0.39 is 17.4 Å². The topological polar surface area (TPSA) is 66.4 Å². The van der Waals surface area contributed by atoms with Crippen molar-refractivity contribution >= 4 is 11.9 Å². The second-order valence-corrected chi connectivity index (χ2v) is 4.81. The van der Waals surface area contributed by atoms with Crippen molar-refractivity contribution in [1.82, 2.24) is 5.32 Å². The third kappa shape index (κ3) is 5.40. The van der Waals surface area contributed by atoms with Gasteiger partial charge in [0.25, 0.3) is 0 Å². The molecule has 0 spiro atoms. The van der Waals surface area contributed by atoms with Gasteiger partial charge in [0.1, 0.15) is 6.04 Å². The number of rotatable bonds is 5. The third-order valence-corrected chi connectivity index (χ3v) is 2.18. The van der Waals surface area contributed by atoms with E-state index in [1.807, 2.05) is 6.92 Å². The maximum absolute atomic E-state index is 11.4. The molecule has 1 amide bonds. The minimum Gasteiger partial charge on any atom is -0.480 e. The smallest absolute Gasteiger partial charge is 0.326 e. The zero-order chi connectivity index (χ0) is 12.1. The fourth-order valence-electron chi connectivity index (χ4n) is 1.22. The van der Waals surface area contributed by atoms with Gasteiger partial charge >= 0.3 is 5.97 Å². The average Bonchev–Trinajstić information content (AvgIpc) is 2.08. The number of carboxylic acid groups (broad SMARTS) is 1. The first-order valence-electron chi connectivity index (χ1n) is 5.31. The molecule has 2 N–H and O–H groups in total. The minimum absolute atomic E-state index is 0.181. The highest BCUT2D eigenvalue weighted by Crippen LogP contribution is 2.19. The van der Waals surface area contributed by atoms with Gasteiger partial charge in [0.15, 0.2) is 0 Å². The lowest BCUT2D eigenvalue weighted by atomic mass is 9.86. The summed E-state index contributed by atoms with van der Waals surface area (Å²) in [5.74, 6) is -1.16. The van der Waals surface area contributed by atoms with Gasteiger partial charge in [-0.15, -0.1) is 0 Å². The number of hydrogen-bond acceptors (Lipinski definition) is 2. The van der Waals surface area contributed by atoms with Crippen LogP contribution in [0.15, 0.2) is 0 Å². The number of unbranched alkanes of at least 4 members (excludes halogenated alkanes) is 1. The first kappa shape index (κ1) is 13.9. The Bertz CT molecular complexity index is 230. The van der Waals surface area contributed by atoms with E-state index in [0.29, 0.717) is 6.42 Å². The second kappa shape index (κ2) is 5.73. The van der Waals surface area contributed by atoms with E-state index in [2.05, 4.69) is 5.32 Å². The highest BCUT2D eigenvalue weighted by Gasteiger charge is 2.32. The summed E-state index contributed by atoms with van der Waals surface area (Å²) in [6, 6.07) is -0.818. The Hall–Kier alpha value is -1.06. The van der Waals surface area contributed by atoms with Crippen LogP contribution in [0.3, 0.4) is 0 Å². The third-order valence-electron chi connectivity index (χ3n) is 2.18. The molecule has 0 heterocycles. The van der Waals surface area contributed by atoms with E-state index in [4.69, 9.17) is 5.11 Å². The van der Waals surface area contributed by atoms with E-state index in [-0.39, 0.29) is 5.91 Å². The van der Waals surface area contributed by atoms with E-state index in [1.165, 1.54) is 0 Å². The normalized spacial score (nSPS) is 13.3. The molecular formula is C11H21NO3. The summed E-state index contributed by atoms with van der Waals surface area (Å²) >= 11 is 0. The quantitative estimate of drug-likeness (QED) is 0.734. The Kier molecular flexibility index (Phi) is 5.33. The minimum atomic E-state index is -0.979. The van der Waals surface area contributed by atoms with Crippen molar-refractivity contribution in [2.75, 3.05) is 0 Å². The summed E-state index contributed by atoms with van der Waals surface area (Å²) in [6.45, 7) is 7.38. The van der Waals surface area contributed by atoms with E-state index in [1.54, 1.807) is 20.8 Å². The van der Waals surface area contributed by atoms with Gasteiger partial charge in [-0.3, -0.25) is 4.79 Å².